The van der Waals surface area contributed by atoms with E-state index >= 15 is 0 Å². The molecule has 2 amide bonds. The van der Waals surface area contributed by atoms with Crippen molar-refractivity contribution in [3.05, 3.63) is 95.8 Å². The van der Waals surface area contributed by atoms with Gasteiger partial charge in [-0.15, -0.1) is 0 Å². The van der Waals surface area contributed by atoms with Crippen LogP contribution in [0.2, 0.25) is 0 Å². The van der Waals surface area contributed by atoms with Crippen LogP contribution in [0.25, 0.3) is 0 Å². The van der Waals surface area contributed by atoms with Gasteiger partial charge in [-0.3, -0.25) is 10.1 Å². The van der Waals surface area contributed by atoms with Gasteiger partial charge in [0.25, 0.3) is 0 Å². The van der Waals surface area contributed by atoms with Gasteiger partial charge in [0.05, 0.1) is 11.4 Å². The number of phenols is 1. The molecule has 36 heavy (non-hydrogen) atoms. The molecule has 3 aromatic rings. The summed E-state index contributed by atoms with van der Waals surface area (Å²) in [6.45, 7) is 3.85. The molecular weight excluding hydrogens is 465 g/mol. The molecule has 3 rings (SSSR count). The predicted octanol–water partition coefficient (Wildman–Crippen LogP) is 5.31. The molecule has 5 N–H and O–H groups in total. The summed E-state index contributed by atoms with van der Waals surface area (Å²) >= 11 is 0. The number of nitrogen functional groups attached to an aromatic ring is 1. The zero-order valence-electron chi connectivity index (χ0n) is 19.9. The molecule has 8 nitrogen and oxygen atoms in total. The van der Waals surface area contributed by atoms with Crippen molar-refractivity contribution in [2.75, 3.05) is 23.0 Å². The molecule has 2 atom stereocenters. The van der Waals surface area contributed by atoms with E-state index in [0.29, 0.717) is 17.1 Å². The van der Waals surface area contributed by atoms with E-state index in [2.05, 4.69) is 10.6 Å². The summed E-state index contributed by atoms with van der Waals surface area (Å²) in [6, 6.07) is 17.5. The highest BCUT2D eigenvalue weighted by Crippen LogP contribution is 2.29. The fourth-order valence-corrected chi connectivity index (χ4v) is 3.33. The van der Waals surface area contributed by atoms with E-state index < -0.39 is 35.8 Å². The summed E-state index contributed by atoms with van der Waals surface area (Å²) in [5.74, 6) is -1.93. The van der Waals surface area contributed by atoms with Crippen LogP contribution in [-0.2, 0) is 14.3 Å². The zero-order valence-corrected chi connectivity index (χ0v) is 19.9. The van der Waals surface area contributed by atoms with E-state index in [1.165, 1.54) is 18.2 Å². The molecule has 0 bridgehead atoms. The Kier molecular flexibility index (Phi) is 9.01. The molecule has 0 aliphatic rings. The number of hydrogen-bond donors (Lipinski definition) is 4. The SMILES string of the molecule is CCO[C@@H](/C=C/C(=O)Nc1ccccc1N)[C@@H](OC(=O)Nc1ccc(C)cc1)c1ccc(O)c(F)c1. The second-order valence-corrected chi connectivity index (χ2v) is 7.88. The first-order chi connectivity index (χ1) is 17.3. The molecule has 0 aromatic heterocycles. The Labute approximate surface area is 208 Å². The van der Waals surface area contributed by atoms with E-state index in [1.54, 1.807) is 43.3 Å². The molecule has 0 unspecified atom stereocenters. The number of para-hydroxylation sites is 2. The number of rotatable bonds is 9. The van der Waals surface area contributed by atoms with Crippen LogP contribution < -0.4 is 16.4 Å². The molecule has 0 saturated heterocycles. The maximum absolute atomic E-state index is 14.2. The van der Waals surface area contributed by atoms with Crippen molar-refractivity contribution in [2.45, 2.75) is 26.1 Å². The Hall–Kier alpha value is -4.37. The standard InChI is InChI=1S/C27H28FN3O5/c1-3-35-24(14-15-25(33)31-22-7-5-4-6-21(22)29)26(18-10-13-23(32)20(28)16-18)36-27(34)30-19-11-8-17(2)9-12-19/h4-16,24,26,32H,3,29H2,1-2H3,(H,30,34)(H,31,33)/b15-14+/t24-,26-/m0/s1. The first-order valence-electron chi connectivity index (χ1n) is 11.2. The Morgan fingerprint density at radius 3 is 2.47 bits per heavy atom. The number of nitrogens with two attached hydrogens (primary N) is 1. The van der Waals surface area contributed by atoms with Crippen molar-refractivity contribution >= 4 is 29.1 Å². The van der Waals surface area contributed by atoms with Crippen molar-refractivity contribution in [3.8, 4) is 5.75 Å². The Balaban J connectivity index is 1.84. The predicted molar refractivity (Wildman–Crippen MR) is 136 cm³/mol. The summed E-state index contributed by atoms with van der Waals surface area (Å²) in [6.07, 6.45) is -0.278. The first kappa shape index (κ1) is 26.2. The maximum atomic E-state index is 14.2. The normalized spacial score (nSPS) is 12.6. The highest BCUT2D eigenvalue weighted by molar-refractivity contribution is 6.01. The van der Waals surface area contributed by atoms with Crippen molar-refractivity contribution in [1.82, 2.24) is 0 Å². The van der Waals surface area contributed by atoms with Crippen molar-refractivity contribution < 1.29 is 28.6 Å². The molecule has 0 fully saturated rings. The second-order valence-electron chi connectivity index (χ2n) is 7.88. The minimum atomic E-state index is -1.14. The van der Waals surface area contributed by atoms with Crippen LogP contribution in [0.15, 0.2) is 78.9 Å². The molecule has 0 aliphatic carbocycles. The minimum absolute atomic E-state index is 0.211. The highest BCUT2D eigenvalue weighted by Gasteiger charge is 2.27. The number of benzene rings is 3. The van der Waals surface area contributed by atoms with E-state index in [1.807, 2.05) is 19.1 Å². The van der Waals surface area contributed by atoms with E-state index in [4.69, 9.17) is 15.2 Å². The number of ether oxygens (including phenoxy) is 2. The fraction of sp³-hybridized carbons (Fsp3) is 0.185. The van der Waals surface area contributed by atoms with Crippen molar-refractivity contribution in [1.29, 1.82) is 0 Å². The third-order valence-corrected chi connectivity index (χ3v) is 5.15. The van der Waals surface area contributed by atoms with Crippen LogP contribution >= 0.6 is 0 Å². The number of aromatic hydroxyl groups is 1. The number of phenolic OH excluding ortho intramolecular Hbond substituents is 1. The van der Waals surface area contributed by atoms with Gasteiger partial charge in [0, 0.05) is 18.4 Å². The Bertz CT molecular complexity index is 1230. The van der Waals surface area contributed by atoms with Gasteiger partial charge in [0.15, 0.2) is 17.7 Å². The van der Waals surface area contributed by atoms with Gasteiger partial charge in [0.2, 0.25) is 5.91 Å². The molecule has 0 saturated carbocycles. The van der Waals surface area contributed by atoms with Crippen LogP contribution in [0, 0.1) is 12.7 Å². The number of nitrogens with one attached hydrogen (secondary N) is 2. The van der Waals surface area contributed by atoms with E-state index in [0.717, 1.165) is 17.7 Å². The number of carbonyl (C=O) groups excluding carboxylic acids is 2. The lowest BCUT2D eigenvalue weighted by Gasteiger charge is -2.25. The zero-order chi connectivity index (χ0) is 26.1. The molecule has 188 valence electrons. The number of carbonyl (C=O) groups is 2. The number of anilines is 3. The molecule has 3 aromatic carbocycles. The number of aryl methyl sites for hydroxylation is 1. The molecule has 9 heteroatoms. The van der Waals surface area contributed by atoms with Crippen molar-refractivity contribution in [3.63, 3.8) is 0 Å². The van der Waals surface area contributed by atoms with Gasteiger partial charge in [-0.25, -0.2) is 9.18 Å². The average molecular weight is 494 g/mol. The Morgan fingerprint density at radius 1 is 1.08 bits per heavy atom. The van der Waals surface area contributed by atoms with E-state index in [9.17, 15) is 19.1 Å². The molecular formula is C27H28FN3O5. The van der Waals surface area contributed by atoms with Crippen molar-refractivity contribution in [2.24, 2.45) is 0 Å². The lowest BCUT2D eigenvalue weighted by molar-refractivity contribution is -0.112. The van der Waals surface area contributed by atoms with Gasteiger partial charge in [0.1, 0.15) is 6.10 Å². The van der Waals surface area contributed by atoms with Gasteiger partial charge in [-0.1, -0.05) is 35.9 Å². The minimum Gasteiger partial charge on any atom is -0.505 e. The largest absolute Gasteiger partial charge is 0.505 e. The summed E-state index contributed by atoms with van der Waals surface area (Å²) < 4.78 is 25.5. The number of amides is 2. The summed E-state index contributed by atoms with van der Waals surface area (Å²) in [5, 5.41) is 14.9. The summed E-state index contributed by atoms with van der Waals surface area (Å²) in [5.41, 5.74) is 8.44. The van der Waals surface area contributed by atoms with Crippen LogP contribution in [0.1, 0.15) is 24.2 Å². The van der Waals surface area contributed by atoms with E-state index in [-0.39, 0.29) is 12.2 Å². The number of halogens is 1. The molecule has 0 heterocycles. The number of hydrogen-bond acceptors (Lipinski definition) is 6. The lowest BCUT2D eigenvalue weighted by Crippen LogP contribution is -2.28. The Morgan fingerprint density at radius 2 is 1.81 bits per heavy atom. The summed E-state index contributed by atoms with van der Waals surface area (Å²) in [4.78, 5) is 25.2. The second kappa shape index (κ2) is 12.4. The molecule has 0 aliphatic heterocycles. The maximum Gasteiger partial charge on any atom is 0.412 e. The quantitative estimate of drug-likeness (QED) is 0.237. The molecule has 0 radical (unpaired) electrons. The topological polar surface area (TPSA) is 123 Å². The first-order valence-corrected chi connectivity index (χ1v) is 11.2. The fourth-order valence-electron chi connectivity index (χ4n) is 3.33. The van der Waals surface area contributed by atoms with Crippen LogP contribution in [0.3, 0.4) is 0 Å². The smallest absolute Gasteiger partial charge is 0.412 e. The van der Waals surface area contributed by atoms with Gasteiger partial charge < -0.3 is 25.6 Å². The van der Waals surface area contributed by atoms with Crippen LogP contribution in [0.4, 0.5) is 26.2 Å². The van der Waals surface area contributed by atoms with Gasteiger partial charge in [-0.05, 0) is 61.9 Å². The monoisotopic (exact) mass is 493 g/mol. The molecule has 0 spiro atoms. The highest BCUT2D eigenvalue weighted by atomic mass is 19.1. The van der Waals surface area contributed by atoms with Gasteiger partial charge in [-0.2, -0.15) is 0 Å². The third-order valence-electron chi connectivity index (χ3n) is 5.15. The summed E-state index contributed by atoms with van der Waals surface area (Å²) in [7, 11) is 0. The van der Waals surface area contributed by atoms with Crippen LogP contribution in [-0.4, -0.2) is 29.8 Å². The van der Waals surface area contributed by atoms with Crippen LogP contribution in [0.5, 0.6) is 5.75 Å². The van der Waals surface area contributed by atoms with Gasteiger partial charge >= 0.3 is 6.09 Å². The lowest BCUT2D eigenvalue weighted by atomic mass is 10.0. The third kappa shape index (κ3) is 7.31. The average Bonchev–Trinajstić information content (AvgIpc) is 2.85.